The standard InChI is InChI=1S/C32H27O3P/c1-3-35-32(34)31(30(33)24-23-26-21-19-25(2)20-22-26)36(27-13-7-4-8-14-27,28-15-9-5-10-16-28)29-17-11-6-12-18-29/h4-22H,3H2,1-2H3. The van der Waals surface area contributed by atoms with Gasteiger partial charge in [-0.15, -0.1) is 0 Å². The van der Waals surface area contributed by atoms with Crippen LogP contribution >= 0.6 is 6.89 Å². The van der Waals surface area contributed by atoms with Crippen LogP contribution in [0.5, 0.6) is 0 Å². The van der Waals surface area contributed by atoms with Gasteiger partial charge in [0, 0.05) is 5.56 Å². The van der Waals surface area contributed by atoms with Gasteiger partial charge in [0.15, 0.2) is 0 Å². The Labute approximate surface area is 212 Å². The third-order valence-corrected chi connectivity index (χ3v) is 10.1. The van der Waals surface area contributed by atoms with E-state index in [1.807, 2.05) is 122 Å². The maximum Gasteiger partial charge on any atom is 0.343 e. The van der Waals surface area contributed by atoms with E-state index in [1.54, 1.807) is 6.92 Å². The zero-order valence-corrected chi connectivity index (χ0v) is 21.2. The molecule has 4 aromatic carbocycles. The number of carbonyl (C=O) groups is 2. The van der Waals surface area contributed by atoms with Crippen molar-refractivity contribution >= 4 is 39.8 Å². The van der Waals surface area contributed by atoms with Gasteiger partial charge in [-0.3, -0.25) is 4.79 Å². The predicted molar refractivity (Wildman–Crippen MR) is 150 cm³/mol. The number of aryl methyl sites for hydroxylation is 1. The fraction of sp³-hybridized carbons (Fsp3) is 0.0938. The summed E-state index contributed by atoms with van der Waals surface area (Å²) >= 11 is 0. The number of Topliss-reactive ketones (excluding diaryl/α,β-unsaturated/α-hetero) is 1. The van der Waals surface area contributed by atoms with Gasteiger partial charge < -0.3 is 4.74 Å². The third-order valence-electron chi connectivity index (χ3n) is 5.82. The van der Waals surface area contributed by atoms with Crippen molar-refractivity contribution in [2.45, 2.75) is 13.8 Å². The lowest BCUT2D eigenvalue weighted by molar-refractivity contribution is -0.135. The Hall–Kier alpha value is -4.12. The van der Waals surface area contributed by atoms with E-state index in [0.717, 1.165) is 21.5 Å². The Morgan fingerprint density at radius 1 is 0.694 bits per heavy atom. The first-order chi connectivity index (χ1) is 17.6. The minimum Gasteiger partial charge on any atom is -0.462 e. The van der Waals surface area contributed by atoms with Crippen LogP contribution in [0.2, 0.25) is 0 Å². The number of ether oxygens (including phenoxy) is 1. The van der Waals surface area contributed by atoms with Crippen molar-refractivity contribution in [3.63, 3.8) is 0 Å². The first-order valence-electron chi connectivity index (χ1n) is 11.8. The molecule has 0 spiro atoms. The van der Waals surface area contributed by atoms with Crippen LogP contribution in [-0.2, 0) is 14.3 Å². The molecule has 0 saturated heterocycles. The van der Waals surface area contributed by atoms with Crippen molar-refractivity contribution in [3.8, 4) is 11.8 Å². The fourth-order valence-corrected chi connectivity index (χ4v) is 8.42. The number of benzene rings is 4. The van der Waals surface area contributed by atoms with Gasteiger partial charge in [-0.2, -0.15) is 0 Å². The topological polar surface area (TPSA) is 43.4 Å². The van der Waals surface area contributed by atoms with Gasteiger partial charge in [0.25, 0.3) is 0 Å². The summed E-state index contributed by atoms with van der Waals surface area (Å²) in [5.41, 5.74) is 1.81. The average Bonchev–Trinajstić information content (AvgIpc) is 2.93. The molecule has 0 bridgehead atoms. The number of hydrogen-bond donors (Lipinski definition) is 0. The molecule has 0 amide bonds. The Bertz CT molecular complexity index is 1360. The van der Waals surface area contributed by atoms with Crippen LogP contribution in [-0.4, -0.2) is 23.7 Å². The maximum atomic E-state index is 14.0. The first kappa shape index (κ1) is 25.0. The quantitative estimate of drug-likeness (QED) is 0.171. The zero-order chi connectivity index (χ0) is 25.4. The van der Waals surface area contributed by atoms with Crippen LogP contribution in [0.1, 0.15) is 18.1 Å². The molecule has 4 rings (SSSR count). The van der Waals surface area contributed by atoms with Crippen LogP contribution in [0.4, 0.5) is 0 Å². The number of carbonyl (C=O) groups excluding carboxylic acids is 2. The highest BCUT2D eigenvalue weighted by Gasteiger charge is 2.37. The molecule has 0 saturated carbocycles. The molecule has 0 fully saturated rings. The van der Waals surface area contributed by atoms with E-state index in [9.17, 15) is 9.59 Å². The van der Waals surface area contributed by atoms with E-state index in [2.05, 4.69) is 11.8 Å². The fourth-order valence-electron chi connectivity index (χ4n) is 4.20. The second-order valence-electron chi connectivity index (χ2n) is 8.19. The summed E-state index contributed by atoms with van der Waals surface area (Å²) in [7, 11) is 0. The van der Waals surface area contributed by atoms with Crippen molar-refractivity contribution in [1.29, 1.82) is 0 Å². The second kappa shape index (κ2) is 11.5. The molecule has 0 unspecified atom stereocenters. The smallest absolute Gasteiger partial charge is 0.343 e. The molecule has 36 heavy (non-hydrogen) atoms. The average molecular weight is 491 g/mol. The third kappa shape index (κ3) is 5.10. The maximum absolute atomic E-state index is 14.0. The van der Waals surface area contributed by atoms with E-state index in [4.69, 9.17) is 4.74 Å². The number of hydrogen-bond acceptors (Lipinski definition) is 3. The Balaban J connectivity index is 2.14. The van der Waals surface area contributed by atoms with Crippen molar-refractivity contribution in [3.05, 3.63) is 126 Å². The van der Waals surface area contributed by atoms with Crippen LogP contribution in [0.3, 0.4) is 0 Å². The highest BCUT2D eigenvalue weighted by molar-refractivity contribution is 7.97. The second-order valence-corrected chi connectivity index (χ2v) is 11.5. The van der Waals surface area contributed by atoms with Crippen LogP contribution < -0.4 is 15.9 Å². The summed E-state index contributed by atoms with van der Waals surface area (Å²) in [5, 5.41) is 2.73. The summed E-state index contributed by atoms with van der Waals surface area (Å²) < 4.78 is 5.53. The lowest BCUT2D eigenvalue weighted by Gasteiger charge is -2.30. The van der Waals surface area contributed by atoms with Crippen molar-refractivity contribution in [1.82, 2.24) is 0 Å². The summed E-state index contributed by atoms with van der Waals surface area (Å²) in [6, 6.07) is 36.9. The van der Waals surface area contributed by atoms with Gasteiger partial charge in [-0.25, -0.2) is 4.79 Å². The van der Waals surface area contributed by atoms with E-state index in [0.29, 0.717) is 5.56 Å². The molecule has 0 aromatic heterocycles. The van der Waals surface area contributed by atoms with Crippen LogP contribution in [0.15, 0.2) is 115 Å². The highest BCUT2D eigenvalue weighted by atomic mass is 31.2. The highest BCUT2D eigenvalue weighted by Crippen LogP contribution is 2.46. The molecule has 0 aliphatic heterocycles. The van der Waals surface area contributed by atoms with E-state index < -0.39 is 18.6 Å². The normalized spacial score (nSPS) is 10.6. The summed E-state index contributed by atoms with van der Waals surface area (Å²) in [4.78, 5) is 27.7. The molecule has 0 aliphatic rings. The Morgan fingerprint density at radius 3 is 1.56 bits per heavy atom. The van der Waals surface area contributed by atoms with E-state index >= 15 is 0 Å². The summed E-state index contributed by atoms with van der Waals surface area (Å²) in [6.07, 6.45) is 0. The minimum atomic E-state index is -2.94. The van der Waals surface area contributed by atoms with Crippen molar-refractivity contribution in [2.24, 2.45) is 0 Å². The number of ketones is 1. The van der Waals surface area contributed by atoms with Gasteiger partial charge in [0.1, 0.15) is 5.29 Å². The first-order valence-corrected chi connectivity index (χ1v) is 13.6. The molecule has 3 nitrogen and oxygen atoms in total. The SMILES string of the molecule is CCOC(=O)C(C(=O)C#Cc1ccc(C)cc1)=P(c1ccccc1)(c1ccccc1)c1ccccc1. The molecule has 0 atom stereocenters. The molecule has 0 heterocycles. The molecule has 0 N–H and O–H groups in total. The molecule has 0 radical (unpaired) electrons. The van der Waals surface area contributed by atoms with Crippen LogP contribution in [0, 0.1) is 18.8 Å². The van der Waals surface area contributed by atoms with Gasteiger partial charge >= 0.3 is 5.97 Å². The van der Waals surface area contributed by atoms with Crippen molar-refractivity contribution < 1.29 is 14.3 Å². The lowest BCUT2D eigenvalue weighted by Crippen LogP contribution is -2.38. The molecule has 4 aromatic rings. The lowest BCUT2D eigenvalue weighted by atomic mass is 10.1. The molecular formula is C32H27O3P. The van der Waals surface area contributed by atoms with Gasteiger partial charge in [0.05, 0.1) is 6.61 Å². The van der Waals surface area contributed by atoms with Gasteiger partial charge in [-0.1, -0.05) is 115 Å². The Morgan fingerprint density at radius 2 is 1.14 bits per heavy atom. The summed E-state index contributed by atoms with van der Waals surface area (Å²) in [5.74, 6) is 4.58. The number of esters is 1. The minimum absolute atomic E-state index is 0.0764. The van der Waals surface area contributed by atoms with Crippen LogP contribution in [0.25, 0.3) is 0 Å². The van der Waals surface area contributed by atoms with E-state index in [1.165, 1.54) is 0 Å². The van der Waals surface area contributed by atoms with E-state index in [-0.39, 0.29) is 11.9 Å². The van der Waals surface area contributed by atoms with Gasteiger partial charge in [-0.05, 0) is 54.7 Å². The predicted octanol–water partition coefficient (Wildman–Crippen LogP) is 4.65. The molecule has 0 aliphatic carbocycles. The molecular weight excluding hydrogens is 463 g/mol. The Kier molecular flexibility index (Phi) is 8.01. The van der Waals surface area contributed by atoms with Crippen molar-refractivity contribution in [2.75, 3.05) is 6.61 Å². The van der Waals surface area contributed by atoms with Gasteiger partial charge in [0.2, 0.25) is 5.78 Å². The zero-order valence-electron chi connectivity index (χ0n) is 20.3. The largest absolute Gasteiger partial charge is 0.462 e. The molecule has 4 heteroatoms. The molecule has 178 valence electrons. The summed E-state index contributed by atoms with van der Waals surface area (Å²) in [6.45, 7) is 0.943. The monoisotopic (exact) mass is 490 g/mol. The number of rotatable bonds is 6.